The molecule has 0 bridgehead atoms. The van der Waals surface area contributed by atoms with Crippen LogP contribution in [0.2, 0.25) is 0 Å². The van der Waals surface area contributed by atoms with Gasteiger partial charge in [0.2, 0.25) is 0 Å². The van der Waals surface area contributed by atoms with Gasteiger partial charge in [-0.25, -0.2) is 0 Å². The highest BCUT2D eigenvalue weighted by atomic mass is 32.1. The molecule has 134 valence electrons. The maximum Gasteiger partial charge on any atom is 0.273 e. The lowest BCUT2D eigenvalue weighted by Crippen LogP contribution is -2.21. The second-order valence-electron chi connectivity index (χ2n) is 6.44. The first-order chi connectivity index (χ1) is 13.1. The van der Waals surface area contributed by atoms with Crippen molar-refractivity contribution in [1.82, 2.24) is 10.6 Å². The molecule has 1 unspecified atom stereocenters. The monoisotopic (exact) mass is 394 g/mol. The molecule has 1 saturated heterocycles. The van der Waals surface area contributed by atoms with Crippen LogP contribution in [-0.2, 0) is 16.1 Å². The van der Waals surface area contributed by atoms with E-state index in [0.29, 0.717) is 17.4 Å². The van der Waals surface area contributed by atoms with Gasteiger partial charge < -0.3 is 15.2 Å². The fraction of sp³-hybridized carbons (Fsp3) is 0.100. The van der Waals surface area contributed by atoms with Crippen molar-refractivity contribution >= 4 is 50.7 Å². The Labute approximate surface area is 164 Å². The van der Waals surface area contributed by atoms with Crippen LogP contribution in [0, 0.1) is 0 Å². The van der Waals surface area contributed by atoms with Crippen LogP contribution in [0.5, 0.6) is 0 Å². The number of nitrogens with one attached hydrogen (secondary N) is 2. The predicted octanol–water partition coefficient (Wildman–Crippen LogP) is 3.43. The van der Waals surface area contributed by atoms with Crippen molar-refractivity contribution in [3.63, 3.8) is 0 Å². The van der Waals surface area contributed by atoms with Crippen molar-refractivity contribution in [3.05, 3.63) is 64.2 Å². The number of rotatable bonds is 2. The summed E-state index contributed by atoms with van der Waals surface area (Å²) in [5, 5.41) is 16.6. The van der Waals surface area contributed by atoms with Gasteiger partial charge in [-0.15, -0.1) is 11.3 Å². The second-order valence-corrected chi connectivity index (χ2v) is 7.97. The zero-order valence-electron chi connectivity index (χ0n) is 14.0. The molecule has 7 heteroatoms. The highest BCUT2D eigenvalue weighted by molar-refractivity contribution is 7.80. The first kappa shape index (κ1) is 16.6. The number of hydrogen-bond donors (Lipinski definition) is 3. The average Bonchev–Trinajstić information content (AvgIpc) is 3.31. The topological polar surface area (TPSA) is 70.6 Å². The van der Waals surface area contributed by atoms with Crippen LogP contribution in [0.15, 0.2) is 48.2 Å². The van der Waals surface area contributed by atoms with Crippen LogP contribution in [0.25, 0.3) is 27.3 Å². The number of benzene rings is 2. The van der Waals surface area contributed by atoms with E-state index in [0.717, 1.165) is 37.2 Å². The number of thiophene rings is 1. The first-order valence-electron chi connectivity index (χ1n) is 8.37. The second kappa shape index (κ2) is 6.24. The molecule has 5 nitrogen and oxygen atoms in total. The van der Waals surface area contributed by atoms with Gasteiger partial charge in [0.15, 0.2) is 11.4 Å². The first-order valence-corrected chi connectivity index (χ1v) is 9.60. The summed E-state index contributed by atoms with van der Waals surface area (Å²) in [7, 11) is 0. The zero-order chi connectivity index (χ0) is 18.5. The molecule has 0 spiro atoms. The van der Waals surface area contributed by atoms with Crippen molar-refractivity contribution in [2.45, 2.75) is 12.9 Å². The molecule has 2 aromatic carbocycles. The van der Waals surface area contributed by atoms with Crippen molar-refractivity contribution < 1.29 is 14.6 Å². The molecule has 2 aliphatic rings. The Morgan fingerprint density at radius 3 is 2.78 bits per heavy atom. The van der Waals surface area contributed by atoms with Crippen molar-refractivity contribution in [2.75, 3.05) is 0 Å². The van der Waals surface area contributed by atoms with E-state index in [-0.39, 0.29) is 5.91 Å². The van der Waals surface area contributed by atoms with Gasteiger partial charge in [-0.3, -0.25) is 10.1 Å². The van der Waals surface area contributed by atoms with E-state index in [4.69, 9.17) is 17.0 Å². The lowest BCUT2D eigenvalue weighted by Gasteiger charge is -2.06. The van der Waals surface area contributed by atoms with Gasteiger partial charge in [0.1, 0.15) is 5.70 Å². The number of thiocarbonyl (C=S) groups is 1. The molecule has 1 aromatic heterocycles. The minimum Gasteiger partial charge on any atom is -0.364 e. The summed E-state index contributed by atoms with van der Waals surface area (Å²) >= 11 is 6.58. The number of amides is 1. The van der Waals surface area contributed by atoms with Gasteiger partial charge in [-0.05, 0) is 64.6 Å². The molecular weight excluding hydrogens is 380 g/mol. The Kier molecular flexibility index (Phi) is 3.84. The maximum absolute atomic E-state index is 11.8. The summed E-state index contributed by atoms with van der Waals surface area (Å²) < 4.78 is 6.42. The minimum atomic E-state index is -0.821. The Hall–Kier alpha value is -2.58. The summed E-state index contributed by atoms with van der Waals surface area (Å²) in [6.45, 7) is 0.430. The lowest BCUT2D eigenvalue weighted by atomic mass is 9.99. The Bertz CT molecular complexity index is 1150. The summed E-state index contributed by atoms with van der Waals surface area (Å²) in [6, 6.07) is 14.4. The number of ether oxygens (including phenoxy) is 1. The third-order valence-corrected chi connectivity index (χ3v) is 5.95. The molecule has 3 aromatic rings. The molecule has 3 heterocycles. The third-order valence-electron chi connectivity index (χ3n) is 4.68. The normalized spacial score (nSPS) is 20.2. The van der Waals surface area contributed by atoms with Gasteiger partial charge in [-0.1, -0.05) is 18.2 Å². The van der Waals surface area contributed by atoms with E-state index in [1.807, 2.05) is 18.2 Å². The van der Waals surface area contributed by atoms with Gasteiger partial charge >= 0.3 is 0 Å². The summed E-state index contributed by atoms with van der Waals surface area (Å²) in [5.74, 6) is -0.208. The smallest absolute Gasteiger partial charge is 0.273 e. The fourth-order valence-corrected chi connectivity index (χ4v) is 4.54. The van der Waals surface area contributed by atoms with Crippen molar-refractivity contribution in [2.24, 2.45) is 0 Å². The van der Waals surface area contributed by atoms with Gasteiger partial charge in [0.05, 0.1) is 6.61 Å². The highest BCUT2D eigenvalue weighted by Gasteiger charge is 2.21. The molecule has 5 rings (SSSR count). The van der Waals surface area contributed by atoms with Crippen LogP contribution < -0.4 is 10.6 Å². The van der Waals surface area contributed by atoms with Gasteiger partial charge in [-0.2, -0.15) is 0 Å². The van der Waals surface area contributed by atoms with Crippen LogP contribution in [0.3, 0.4) is 0 Å². The fourth-order valence-electron chi connectivity index (χ4n) is 3.35. The summed E-state index contributed by atoms with van der Waals surface area (Å²) in [6.07, 6.45) is 0.992. The molecule has 0 aliphatic carbocycles. The molecule has 1 fully saturated rings. The maximum atomic E-state index is 11.8. The molecule has 0 saturated carbocycles. The number of hydrogen-bond acceptors (Lipinski definition) is 5. The van der Waals surface area contributed by atoms with E-state index >= 15 is 0 Å². The number of aliphatic hydroxyl groups excluding tert-OH is 1. The molecule has 0 radical (unpaired) electrons. The lowest BCUT2D eigenvalue weighted by molar-refractivity contribution is -0.115. The number of carbonyl (C=O) groups is 1. The van der Waals surface area contributed by atoms with Gasteiger partial charge in [0, 0.05) is 15.1 Å². The molecule has 1 amide bonds. The van der Waals surface area contributed by atoms with E-state index in [2.05, 4.69) is 41.0 Å². The van der Waals surface area contributed by atoms with Crippen LogP contribution in [-0.4, -0.2) is 16.1 Å². The van der Waals surface area contributed by atoms with E-state index in [1.165, 1.54) is 0 Å². The van der Waals surface area contributed by atoms with Crippen LogP contribution >= 0.6 is 23.6 Å². The Morgan fingerprint density at radius 1 is 1.15 bits per heavy atom. The zero-order valence-corrected chi connectivity index (χ0v) is 15.6. The number of aliphatic hydroxyl groups is 1. The average molecular weight is 394 g/mol. The molecule has 27 heavy (non-hydrogen) atoms. The van der Waals surface area contributed by atoms with Gasteiger partial charge in [0.25, 0.3) is 5.91 Å². The largest absolute Gasteiger partial charge is 0.364 e. The molecule has 2 aliphatic heterocycles. The summed E-state index contributed by atoms with van der Waals surface area (Å²) in [5.41, 5.74) is 4.50. The van der Waals surface area contributed by atoms with Crippen LogP contribution in [0.4, 0.5) is 0 Å². The third kappa shape index (κ3) is 2.94. The van der Waals surface area contributed by atoms with E-state index in [1.54, 1.807) is 11.3 Å². The minimum absolute atomic E-state index is 0.208. The van der Waals surface area contributed by atoms with E-state index in [9.17, 15) is 9.90 Å². The van der Waals surface area contributed by atoms with Crippen molar-refractivity contribution in [1.29, 1.82) is 0 Å². The molecule has 1 atom stereocenters. The number of fused-ring (bicyclic) bond motifs is 2. The van der Waals surface area contributed by atoms with E-state index < -0.39 is 6.29 Å². The Balaban J connectivity index is 1.50. The highest BCUT2D eigenvalue weighted by Crippen LogP contribution is 2.35. The molecule has 3 N–H and O–H groups in total. The standard InChI is InChI=1S/C20H14N2O3S2/c23-18-16(21-20(26)22-18)8-14-7-12-5-11(2-4-17(12)27-14)10-1-3-15-13(6-10)9-25-19(15)24/h1-8,19,24H,9H2,(H2,21,22,23,26). The van der Waals surface area contributed by atoms with Crippen molar-refractivity contribution in [3.8, 4) is 11.1 Å². The molecular formula is C20H14N2O3S2. The quantitative estimate of drug-likeness (QED) is 0.459. The SMILES string of the molecule is O=C1NC(=S)NC1=Cc1cc2cc(-c3ccc4c(c3)COC4O)ccc2s1. The Morgan fingerprint density at radius 2 is 1.96 bits per heavy atom. The summed E-state index contributed by atoms with van der Waals surface area (Å²) in [4.78, 5) is 12.8. The predicted molar refractivity (Wildman–Crippen MR) is 109 cm³/mol. The van der Waals surface area contributed by atoms with Crippen LogP contribution in [0.1, 0.15) is 22.3 Å². The number of carbonyl (C=O) groups excluding carboxylic acids is 1.